The molecule has 36 heavy (non-hydrogen) atoms. The van der Waals surface area contributed by atoms with Crippen molar-refractivity contribution in [1.82, 2.24) is 4.57 Å². The van der Waals surface area contributed by atoms with Crippen LogP contribution in [0.1, 0.15) is 28.4 Å². The average molecular weight is 473 g/mol. The fourth-order valence-corrected chi connectivity index (χ4v) is 4.17. The molecule has 0 aliphatic rings. The van der Waals surface area contributed by atoms with Crippen molar-refractivity contribution < 1.29 is 14.3 Å². The van der Waals surface area contributed by atoms with Gasteiger partial charge in [0.2, 0.25) is 0 Å². The molecule has 5 heteroatoms. The summed E-state index contributed by atoms with van der Waals surface area (Å²) in [6.07, 6.45) is 1.83. The van der Waals surface area contributed by atoms with E-state index in [4.69, 9.17) is 9.47 Å². The van der Waals surface area contributed by atoms with E-state index in [2.05, 4.69) is 6.07 Å². The van der Waals surface area contributed by atoms with E-state index in [1.165, 1.54) is 0 Å². The second-order valence-corrected chi connectivity index (χ2v) is 8.32. The summed E-state index contributed by atoms with van der Waals surface area (Å²) in [6.45, 7) is 2.64. The lowest BCUT2D eigenvalue weighted by Crippen LogP contribution is -2.04. The van der Waals surface area contributed by atoms with Gasteiger partial charge in [0.25, 0.3) is 0 Å². The first kappa shape index (κ1) is 22.9. The molecular weight excluding hydrogens is 448 g/mol. The highest BCUT2D eigenvalue weighted by atomic mass is 16.5. The van der Waals surface area contributed by atoms with E-state index < -0.39 is 0 Å². The van der Waals surface area contributed by atoms with E-state index in [0.717, 1.165) is 39.0 Å². The van der Waals surface area contributed by atoms with Gasteiger partial charge in [-0.15, -0.1) is 0 Å². The van der Waals surface area contributed by atoms with Crippen molar-refractivity contribution in [2.75, 3.05) is 6.61 Å². The van der Waals surface area contributed by atoms with Gasteiger partial charge in [0, 0.05) is 17.3 Å². The predicted molar refractivity (Wildman–Crippen MR) is 140 cm³/mol. The van der Waals surface area contributed by atoms with Crippen molar-refractivity contribution >= 4 is 16.9 Å². The van der Waals surface area contributed by atoms with E-state index in [1.807, 2.05) is 95.7 Å². The smallest absolute Gasteiger partial charge is 0.338 e. The highest BCUT2D eigenvalue weighted by Gasteiger charge is 2.13. The van der Waals surface area contributed by atoms with E-state index >= 15 is 0 Å². The molecule has 4 aromatic carbocycles. The fraction of sp³-hybridized carbons (Fsp3) is 0.0968. The van der Waals surface area contributed by atoms with Gasteiger partial charge in [0.05, 0.1) is 23.3 Å². The van der Waals surface area contributed by atoms with Crippen molar-refractivity contribution in [2.45, 2.75) is 13.5 Å². The number of hydrogen-bond donors (Lipinski definition) is 0. The third-order valence-electron chi connectivity index (χ3n) is 6.02. The number of nitriles is 1. The molecule has 5 nitrogen and oxygen atoms in total. The normalized spacial score (nSPS) is 10.7. The summed E-state index contributed by atoms with van der Waals surface area (Å²) in [4.78, 5) is 12.0. The molecule has 0 radical (unpaired) electrons. The van der Waals surface area contributed by atoms with Crippen LogP contribution in [-0.2, 0) is 11.3 Å². The second-order valence-electron chi connectivity index (χ2n) is 8.32. The molecule has 0 amide bonds. The Hall–Kier alpha value is -4.82. The van der Waals surface area contributed by atoms with Gasteiger partial charge in [-0.1, -0.05) is 48.5 Å². The first-order valence-corrected chi connectivity index (χ1v) is 11.8. The molecule has 0 fully saturated rings. The zero-order valence-electron chi connectivity index (χ0n) is 19.8. The van der Waals surface area contributed by atoms with Crippen LogP contribution in [0.4, 0.5) is 0 Å². The molecule has 0 bridgehead atoms. The third kappa shape index (κ3) is 4.70. The van der Waals surface area contributed by atoms with Gasteiger partial charge in [-0.2, -0.15) is 5.26 Å². The van der Waals surface area contributed by atoms with Crippen LogP contribution in [0.15, 0.2) is 103 Å². The Kier molecular flexibility index (Phi) is 6.51. The van der Waals surface area contributed by atoms with Crippen LogP contribution in [0, 0.1) is 11.3 Å². The Balaban J connectivity index is 1.40. The van der Waals surface area contributed by atoms with Crippen molar-refractivity contribution in [3.8, 4) is 28.6 Å². The fourth-order valence-electron chi connectivity index (χ4n) is 4.17. The van der Waals surface area contributed by atoms with E-state index in [1.54, 1.807) is 19.1 Å². The molecule has 0 N–H and O–H groups in total. The first-order chi connectivity index (χ1) is 17.7. The molecule has 5 aromatic rings. The molecule has 5 rings (SSSR count). The standard InChI is InChI=1S/C31H24N2O3/c1-2-35-31(34)24-8-13-27(14-9-24)33-20-26(19-32)29-18-25(12-17-30(29)33)23-10-15-28(16-11-23)36-21-22-6-4-3-5-7-22/h3-18,20H,2,21H2,1H3. The summed E-state index contributed by atoms with van der Waals surface area (Å²) in [7, 11) is 0. The summed E-state index contributed by atoms with van der Waals surface area (Å²) < 4.78 is 12.9. The number of esters is 1. The summed E-state index contributed by atoms with van der Waals surface area (Å²) in [6, 6.07) is 33.6. The van der Waals surface area contributed by atoms with Gasteiger partial charge in [0.15, 0.2) is 0 Å². The monoisotopic (exact) mass is 472 g/mol. The third-order valence-corrected chi connectivity index (χ3v) is 6.02. The van der Waals surface area contributed by atoms with Gasteiger partial charge >= 0.3 is 5.97 Å². The number of hydrogen-bond acceptors (Lipinski definition) is 4. The molecule has 0 spiro atoms. The number of ether oxygens (including phenoxy) is 2. The maximum absolute atomic E-state index is 12.0. The Morgan fingerprint density at radius 3 is 2.31 bits per heavy atom. The molecule has 1 heterocycles. The van der Waals surface area contributed by atoms with Crippen LogP contribution in [0.25, 0.3) is 27.7 Å². The Bertz CT molecular complexity index is 1540. The highest BCUT2D eigenvalue weighted by Crippen LogP contribution is 2.31. The van der Waals surface area contributed by atoms with E-state index in [9.17, 15) is 10.1 Å². The molecule has 0 unspecified atom stereocenters. The summed E-state index contributed by atoms with van der Waals surface area (Å²) >= 11 is 0. The van der Waals surface area contributed by atoms with Crippen molar-refractivity contribution in [2.24, 2.45) is 0 Å². The summed E-state index contributed by atoms with van der Waals surface area (Å²) in [5.41, 5.74) is 6.05. The molecule has 0 atom stereocenters. The minimum Gasteiger partial charge on any atom is -0.489 e. The predicted octanol–water partition coefficient (Wildman–Crippen LogP) is 6.92. The van der Waals surface area contributed by atoms with Gasteiger partial charge in [0.1, 0.15) is 18.4 Å². The number of carbonyl (C=O) groups excluding carboxylic acids is 1. The van der Waals surface area contributed by atoms with E-state index in [0.29, 0.717) is 24.3 Å². The van der Waals surface area contributed by atoms with Crippen LogP contribution in [0.3, 0.4) is 0 Å². The average Bonchev–Trinajstić information content (AvgIpc) is 3.31. The van der Waals surface area contributed by atoms with Crippen LogP contribution in [-0.4, -0.2) is 17.1 Å². The molecule has 0 saturated carbocycles. The maximum atomic E-state index is 12.0. The molecule has 0 saturated heterocycles. The minimum atomic E-state index is -0.347. The highest BCUT2D eigenvalue weighted by molar-refractivity contribution is 5.92. The lowest BCUT2D eigenvalue weighted by Gasteiger charge is -2.09. The number of fused-ring (bicyclic) bond motifs is 1. The maximum Gasteiger partial charge on any atom is 0.338 e. The zero-order chi connectivity index (χ0) is 24.9. The first-order valence-electron chi connectivity index (χ1n) is 11.8. The Morgan fingerprint density at radius 1 is 0.889 bits per heavy atom. The van der Waals surface area contributed by atoms with Crippen molar-refractivity contribution in [3.63, 3.8) is 0 Å². The van der Waals surface area contributed by atoms with Crippen molar-refractivity contribution in [1.29, 1.82) is 5.26 Å². The SMILES string of the molecule is CCOC(=O)c1ccc(-n2cc(C#N)c3cc(-c4ccc(OCc5ccccc5)cc4)ccc32)cc1. The lowest BCUT2D eigenvalue weighted by atomic mass is 10.0. The van der Waals surface area contributed by atoms with Crippen LogP contribution in [0.2, 0.25) is 0 Å². The summed E-state index contributed by atoms with van der Waals surface area (Å²) in [5.74, 6) is 0.457. The molecule has 1 aromatic heterocycles. The number of aromatic nitrogens is 1. The summed E-state index contributed by atoms with van der Waals surface area (Å²) in [5, 5.41) is 10.7. The van der Waals surface area contributed by atoms with Crippen LogP contribution in [0.5, 0.6) is 5.75 Å². The molecular formula is C31H24N2O3. The number of carbonyl (C=O) groups is 1. The quantitative estimate of drug-likeness (QED) is 0.241. The number of rotatable bonds is 7. The molecule has 176 valence electrons. The molecule has 0 aliphatic heterocycles. The second kappa shape index (κ2) is 10.2. The topological polar surface area (TPSA) is 64.2 Å². The Morgan fingerprint density at radius 2 is 1.61 bits per heavy atom. The van der Waals surface area contributed by atoms with Gasteiger partial charge in [-0.3, -0.25) is 0 Å². The number of benzene rings is 4. The van der Waals surface area contributed by atoms with Gasteiger partial charge in [-0.25, -0.2) is 4.79 Å². The minimum absolute atomic E-state index is 0.333. The van der Waals surface area contributed by atoms with Gasteiger partial charge < -0.3 is 14.0 Å². The number of nitrogens with zero attached hydrogens (tertiary/aromatic N) is 2. The van der Waals surface area contributed by atoms with Crippen LogP contribution >= 0.6 is 0 Å². The van der Waals surface area contributed by atoms with Crippen LogP contribution < -0.4 is 4.74 Å². The van der Waals surface area contributed by atoms with Crippen molar-refractivity contribution in [3.05, 3.63) is 120 Å². The lowest BCUT2D eigenvalue weighted by molar-refractivity contribution is 0.0526. The zero-order valence-corrected chi connectivity index (χ0v) is 19.8. The largest absolute Gasteiger partial charge is 0.489 e. The Labute approximate surface area is 209 Å². The molecule has 0 aliphatic carbocycles. The van der Waals surface area contributed by atoms with Gasteiger partial charge in [-0.05, 0) is 72.1 Å². The van der Waals surface area contributed by atoms with E-state index in [-0.39, 0.29) is 5.97 Å².